The zero-order valence-corrected chi connectivity index (χ0v) is 13.8. The molecule has 2 aromatic rings. The van der Waals surface area contributed by atoms with Crippen LogP contribution in [0.2, 0.25) is 0 Å². The maximum absolute atomic E-state index is 13.1. The second-order valence-electron chi connectivity index (χ2n) is 6.55. The number of nitrogens with zero attached hydrogens (tertiary/aromatic N) is 4. The molecule has 138 valence electrons. The van der Waals surface area contributed by atoms with Crippen molar-refractivity contribution in [2.75, 3.05) is 13.1 Å². The van der Waals surface area contributed by atoms with Crippen molar-refractivity contribution in [3.05, 3.63) is 47.3 Å². The SMILES string of the molecule is O=C(Cc1ccccc1C(F)(F)F)N1CCC2OCc3cnnn3C2C1. The number of amides is 1. The number of fused-ring (bicyclic) bond motifs is 3. The highest BCUT2D eigenvalue weighted by molar-refractivity contribution is 5.79. The Hall–Kier alpha value is -2.42. The lowest BCUT2D eigenvalue weighted by atomic mass is 9.98. The highest BCUT2D eigenvalue weighted by atomic mass is 19.4. The summed E-state index contributed by atoms with van der Waals surface area (Å²) in [5, 5.41) is 7.94. The molecule has 3 heterocycles. The van der Waals surface area contributed by atoms with Crippen LogP contribution in [0.5, 0.6) is 0 Å². The number of ether oxygens (including phenoxy) is 1. The fourth-order valence-corrected chi connectivity index (χ4v) is 3.63. The Morgan fingerprint density at radius 2 is 2.12 bits per heavy atom. The average molecular weight is 366 g/mol. The van der Waals surface area contributed by atoms with Gasteiger partial charge < -0.3 is 9.64 Å². The summed E-state index contributed by atoms with van der Waals surface area (Å²) in [6, 6.07) is 5.05. The van der Waals surface area contributed by atoms with Crippen LogP contribution < -0.4 is 0 Å². The average Bonchev–Trinajstić information content (AvgIpc) is 3.10. The van der Waals surface area contributed by atoms with Gasteiger partial charge in [-0.2, -0.15) is 13.2 Å². The molecule has 2 aliphatic rings. The molecule has 1 amide bonds. The molecule has 0 spiro atoms. The van der Waals surface area contributed by atoms with Crippen LogP contribution in [0.1, 0.15) is 29.3 Å². The Balaban J connectivity index is 1.51. The number of rotatable bonds is 2. The Labute approximate surface area is 147 Å². The number of hydrogen-bond donors (Lipinski definition) is 0. The Kier molecular flexibility index (Phi) is 4.18. The number of carbonyl (C=O) groups excluding carboxylic acids is 1. The molecule has 6 nitrogen and oxygen atoms in total. The van der Waals surface area contributed by atoms with Gasteiger partial charge in [-0.1, -0.05) is 23.4 Å². The lowest BCUT2D eigenvalue weighted by Gasteiger charge is -2.41. The fourth-order valence-electron chi connectivity index (χ4n) is 3.63. The summed E-state index contributed by atoms with van der Waals surface area (Å²) < 4.78 is 46.9. The van der Waals surface area contributed by atoms with Crippen molar-refractivity contribution in [2.45, 2.75) is 37.8 Å². The summed E-state index contributed by atoms with van der Waals surface area (Å²) in [6.07, 6.45) is -2.57. The lowest BCUT2D eigenvalue weighted by molar-refractivity contribution is -0.140. The van der Waals surface area contributed by atoms with E-state index in [2.05, 4.69) is 10.3 Å². The highest BCUT2D eigenvalue weighted by Crippen LogP contribution is 2.33. The van der Waals surface area contributed by atoms with Crippen molar-refractivity contribution < 1.29 is 22.7 Å². The molecule has 1 fully saturated rings. The van der Waals surface area contributed by atoms with Gasteiger partial charge in [0.25, 0.3) is 0 Å². The van der Waals surface area contributed by atoms with E-state index >= 15 is 0 Å². The van der Waals surface area contributed by atoms with Gasteiger partial charge in [0.15, 0.2) is 0 Å². The maximum atomic E-state index is 13.1. The molecule has 1 saturated heterocycles. The first kappa shape index (κ1) is 17.0. The van der Waals surface area contributed by atoms with Crippen molar-refractivity contribution in [3.63, 3.8) is 0 Å². The van der Waals surface area contributed by atoms with Crippen LogP contribution in [0.4, 0.5) is 13.2 Å². The summed E-state index contributed by atoms with van der Waals surface area (Å²) in [4.78, 5) is 14.2. The molecular weight excluding hydrogens is 349 g/mol. The number of aromatic nitrogens is 3. The van der Waals surface area contributed by atoms with E-state index in [1.54, 1.807) is 15.8 Å². The van der Waals surface area contributed by atoms with Crippen molar-refractivity contribution >= 4 is 5.91 Å². The van der Waals surface area contributed by atoms with Gasteiger partial charge in [-0.05, 0) is 18.1 Å². The predicted molar refractivity (Wildman–Crippen MR) is 84.0 cm³/mol. The minimum Gasteiger partial charge on any atom is -0.370 e. The van der Waals surface area contributed by atoms with Crippen molar-refractivity contribution in [1.82, 2.24) is 19.9 Å². The fraction of sp³-hybridized carbons (Fsp3) is 0.471. The van der Waals surface area contributed by atoms with Gasteiger partial charge >= 0.3 is 6.18 Å². The smallest absolute Gasteiger partial charge is 0.370 e. The van der Waals surface area contributed by atoms with E-state index in [0.29, 0.717) is 26.1 Å². The monoisotopic (exact) mass is 366 g/mol. The van der Waals surface area contributed by atoms with E-state index < -0.39 is 11.7 Å². The van der Waals surface area contributed by atoms with Crippen LogP contribution >= 0.6 is 0 Å². The Morgan fingerprint density at radius 3 is 2.92 bits per heavy atom. The molecular formula is C17H17F3N4O2. The molecule has 0 saturated carbocycles. The molecule has 1 aromatic heterocycles. The first-order chi connectivity index (χ1) is 12.4. The molecule has 0 aliphatic carbocycles. The van der Waals surface area contributed by atoms with E-state index in [0.717, 1.165) is 11.8 Å². The predicted octanol–water partition coefficient (Wildman–Crippen LogP) is 2.21. The molecule has 0 radical (unpaired) electrons. The van der Waals surface area contributed by atoms with Crippen LogP contribution in [0.25, 0.3) is 0 Å². The van der Waals surface area contributed by atoms with Crippen LogP contribution in [-0.4, -0.2) is 45.0 Å². The summed E-state index contributed by atoms with van der Waals surface area (Å²) >= 11 is 0. The van der Waals surface area contributed by atoms with Gasteiger partial charge in [-0.25, -0.2) is 4.68 Å². The number of carbonyl (C=O) groups is 1. The number of alkyl halides is 3. The molecule has 2 aliphatic heterocycles. The molecule has 2 unspecified atom stereocenters. The van der Waals surface area contributed by atoms with Crippen molar-refractivity contribution in [3.8, 4) is 0 Å². The van der Waals surface area contributed by atoms with E-state index in [9.17, 15) is 18.0 Å². The summed E-state index contributed by atoms with van der Waals surface area (Å²) in [6.45, 7) is 1.24. The molecule has 26 heavy (non-hydrogen) atoms. The van der Waals surface area contributed by atoms with E-state index in [1.807, 2.05) is 0 Å². The third kappa shape index (κ3) is 3.07. The van der Waals surface area contributed by atoms with E-state index in [-0.39, 0.29) is 30.0 Å². The van der Waals surface area contributed by atoms with Crippen LogP contribution in [0.3, 0.4) is 0 Å². The van der Waals surface area contributed by atoms with Crippen molar-refractivity contribution in [1.29, 1.82) is 0 Å². The summed E-state index contributed by atoms with van der Waals surface area (Å²) in [5.41, 5.74) is 0.0687. The Bertz CT molecular complexity index is 820. The number of halogens is 3. The molecule has 9 heteroatoms. The standard InChI is InChI=1S/C17H17F3N4O2/c18-17(19,20)13-4-2-1-3-11(13)7-16(25)23-6-5-15-14(9-23)24-12(10-26-15)8-21-22-24/h1-4,8,14-15H,5-7,9-10H2. The Morgan fingerprint density at radius 1 is 1.31 bits per heavy atom. The molecule has 0 bridgehead atoms. The summed E-state index contributed by atoms with van der Waals surface area (Å²) in [7, 11) is 0. The van der Waals surface area contributed by atoms with Gasteiger partial charge in [0.05, 0.1) is 42.6 Å². The van der Waals surface area contributed by atoms with Crippen LogP contribution in [0.15, 0.2) is 30.5 Å². The van der Waals surface area contributed by atoms with Gasteiger partial charge in [0.1, 0.15) is 0 Å². The normalized spacial score (nSPS) is 22.7. The molecule has 0 N–H and O–H groups in total. The van der Waals surface area contributed by atoms with Gasteiger partial charge in [-0.3, -0.25) is 4.79 Å². The van der Waals surface area contributed by atoms with Crippen LogP contribution in [0, 0.1) is 0 Å². The highest BCUT2D eigenvalue weighted by Gasteiger charge is 2.38. The quantitative estimate of drug-likeness (QED) is 0.818. The third-order valence-electron chi connectivity index (χ3n) is 4.95. The topological polar surface area (TPSA) is 60.3 Å². The molecule has 4 rings (SSSR count). The zero-order chi connectivity index (χ0) is 18.3. The third-order valence-corrected chi connectivity index (χ3v) is 4.95. The minimum atomic E-state index is -4.48. The van der Waals surface area contributed by atoms with Gasteiger partial charge in [0, 0.05) is 13.1 Å². The second kappa shape index (κ2) is 6.39. The van der Waals surface area contributed by atoms with Crippen molar-refractivity contribution in [2.24, 2.45) is 0 Å². The van der Waals surface area contributed by atoms with E-state index in [4.69, 9.17) is 4.74 Å². The minimum absolute atomic E-state index is 0.00605. The largest absolute Gasteiger partial charge is 0.416 e. The first-order valence-corrected chi connectivity index (χ1v) is 8.37. The second-order valence-corrected chi connectivity index (χ2v) is 6.55. The van der Waals surface area contributed by atoms with Gasteiger partial charge in [-0.15, -0.1) is 5.10 Å². The number of piperidine rings is 1. The molecule has 1 aromatic carbocycles. The van der Waals surface area contributed by atoms with Gasteiger partial charge in [0.2, 0.25) is 5.91 Å². The number of benzene rings is 1. The first-order valence-electron chi connectivity index (χ1n) is 8.37. The summed E-state index contributed by atoms with van der Waals surface area (Å²) in [5.74, 6) is -0.326. The van der Waals surface area contributed by atoms with Crippen LogP contribution in [-0.2, 0) is 28.7 Å². The zero-order valence-electron chi connectivity index (χ0n) is 13.8. The number of likely N-dealkylation sites (tertiary alicyclic amines) is 1. The number of hydrogen-bond acceptors (Lipinski definition) is 4. The lowest BCUT2D eigenvalue weighted by Crippen LogP contribution is -2.50. The molecule has 2 atom stereocenters. The van der Waals surface area contributed by atoms with E-state index in [1.165, 1.54) is 18.2 Å². The maximum Gasteiger partial charge on any atom is 0.416 e.